The van der Waals surface area contributed by atoms with Gasteiger partial charge < -0.3 is 14.7 Å². The zero-order valence-electron chi connectivity index (χ0n) is 21.3. The van der Waals surface area contributed by atoms with Crippen molar-refractivity contribution in [2.75, 3.05) is 25.1 Å². The number of likely N-dealkylation sites (N-methyl/N-ethyl adjacent to an activating group) is 1. The Balaban J connectivity index is 1.85. The van der Waals surface area contributed by atoms with Crippen LogP contribution in [0.1, 0.15) is 38.2 Å². The first kappa shape index (κ1) is 29.1. The molecule has 0 spiro atoms. The summed E-state index contributed by atoms with van der Waals surface area (Å²) in [5.74, 6) is -6.35. The highest BCUT2D eigenvalue weighted by atomic mass is 32.2. The Morgan fingerprint density at radius 2 is 1.77 bits per heavy atom. The van der Waals surface area contributed by atoms with Gasteiger partial charge in [-0.15, -0.1) is 0 Å². The lowest BCUT2D eigenvalue weighted by molar-refractivity contribution is -0.143. The first-order valence-electron chi connectivity index (χ1n) is 12.4. The highest BCUT2D eigenvalue weighted by Crippen LogP contribution is 2.46. The Morgan fingerprint density at radius 1 is 1.13 bits per heavy atom. The van der Waals surface area contributed by atoms with Gasteiger partial charge in [0.2, 0.25) is 15.9 Å². The molecule has 0 unspecified atom stereocenters. The number of para-hydroxylation sites is 1. The summed E-state index contributed by atoms with van der Waals surface area (Å²) < 4.78 is 104. The molecular weight excluding hydrogens is 547 g/mol. The van der Waals surface area contributed by atoms with Crippen molar-refractivity contribution in [1.82, 2.24) is 4.31 Å². The second-order valence-corrected chi connectivity index (χ2v) is 12.1. The highest BCUT2D eigenvalue weighted by molar-refractivity contribution is 7.89. The van der Waals surface area contributed by atoms with Gasteiger partial charge in [0.15, 0.2) is 0 Å². The lowest BCUT2D eigenvalue weighted by Crippen LogP contribution is -2.41. The molecule has 0 radical (unpaired) electrons. The molecule has 2 atom stereocenters. The van der Waals surface area contributed by atoms with Gasteiger partial charge in [-0.25, -0.2) is 17.2 Å². The van der Waals surface area contributed by atoms with Crippen molar-refractivity contribution in [2.45, 2.75) is 55.6 Å². The van der Waals surface area contributed by atoms with Gasteiger partial charge in [-0.05, 0) is 50.3 Å². The number of hydrogen-bond acceptors (Lipinski definition) is 5. The number of benzene rings is 2. The first-order chi connectivity index (χ1) is 18.1. The van der Waals surface area contributed by atoms with E-state index >= 15 is 0 Å². The van der Waals surface area contributed by atoms with Gasteiger partial charge in [0.05, 0.1) is 17.2 Å². The van der Waals surface area contributed by atoms with E-state index in [1.165, 1.54) is 11.9 Å². The number of halogens is 5. The Hall–Kier alpha value is -2.93. The summed E-state index contributed by atoms with van der Waals surface area (Å²) in [5.41, 5.74) is -1.17. The number of alkyl halides is 5. The average molecular weight is 577 g/mol. The van der Waals surface area contributed by atoms with E-state index in [-0.39, 0.29) is 24.6 Å². The van der Waals surface area contributed by atoms with Crippen molar-refractivity contribution < 1.29 is 45.0 Å². The average Bonchev–Trinajstić information content (AvgIpc) is 3.68. The molecule has 0 amide bonds. The summed E-state index contributed by atoms with van der Waals surface area (Å²) in [6.45, 7) is -0.0232. The number of fused-ring (bicyclic) bond motifs is 1. The third-order valence-corrected chi connectivity index (χ3v) is 9.07. The molecule has 1 heterocycles. The van der Waals surface area contributed by atoms with E-state index in [4.69, 9.17) is 4.74 Å². The zero-order chi connectivity index (χ0) is 28.8. The van der Waals surface area contributed by atoms with Crippen molar-refractivity contribution in [3.63, 3.8) is 0 Å². The quantitative estimate of drug-likeness (QED) is 0.382. The number of rotatable bonds is 9. The molecule has 7 nitrogen and oxygen atoms in total. The van der Waals surface area contributed by atoms with Crippen LogP contribution in [-0.4, -0.2) is 56.0 Å². The van der Waals surface area contributed by atoms with Gasteiger partial charge >= 0.3 is 12.1 Å². The van der Waals surface area contributed by atoms with Crippen LogP contribution in [0.3, 0.4) is 0 Å². The maximum absolute atomic E-state index is 14.2. The number of carbonyl (C=O) groups is 1. The molecule has 2 aliphatic rings. The fraction of sp³-hybridized carbons (Fsp3) is 0.500. The number of sulfonamides is 1. The monoisotopic (exact) mass is 576 g/mol. The standard InChI is InChI=1S/C26H29F5N2O5S/c1-25(27,28)11-10-18-14-33(17-6-4-3-5-7-17)21-12-20(26(29,30)31)22(13-23(21)39(36,37)32(18)2)38-15-19(24(34)35)16-8-9-16/h3-7,12-13,16,18-19H,8-11,14-15H2,1-2H3,(H,34,35)/t18-,19+/m1/s1. The largest absolute Gasteiger partial charge is 0.492 e. The van der Waals surface area contributed by atoms with Gasteiger partial charge in [0, 0.05) is 37.8 Å². The van der Waals surface area contributed by atoms with Crippen molar-refractivity contribution in [3.8, 4) is 5.75 Å². The van der Waals surface area contributed by atoms with Crippen molar-refractivity contribution in [2.24, 2.45) is 11.8 Å². The van der Waals surface area contributed by atoms with Crippen LogP contribution >= 0.6 is 0 Å². The zero-order valence-corrected chi connectivity index (χ0v) is 22.1. The summed E-state index contributed by atoms with van der Waals surface area (Å²) in [5, 5.41) is 9.47. The van der Waals surface area contributed by atoms with Crippen LogP contribution in [0.15, 0.2) is 47.4 Å². The predicted molar refractivity (Wildman–Crippen MR) is 133 cm³/mol. The molecule has 1 aliphatic heterocycles. The van der Waals surface area contributed by atoms with E-state index in [1.807, 2.05) is 0 Å². The predicted octanol–water partition coefficient (Wildman–Crippen LogP) is 5.77. The Morgan fingerprint density at radius 3 is 2.31 bits per heavy atom. The lowest BCUT2D eigenvalue weighted by atomic mass is 10.0. The number of carboxylic acids is 1. The molecular formula is C26H29F5N2O5S. The number of anilines is 2. The topological polar surface area (TPSA) is 87.2 Å². The van der Waals surface area contributed by atoms with Gasteiger partial charge in [-0.3, -0.25) is 4.79 Å². The van der Waals surface area contributed by atoms with Crippen molar-refractivity contribution in [1.29, 1.82) is 0 Å². The second-order valence-electron chi connectivity index (χ2n) is 10.1. The molecule has 39 heavy (non-hydrogen) atoms. The third-order valence-electron chi connectivity index (χ3n) is 7.13. The normalized spacial score (nSPS) is 20.7. The Bertz CT molecular complexity index is 1310. The fourth-order valence-corrected chi connectivity index (χ4v) is 6.28. The van der Waals surface area contributed by atoms with E-state index in [1.54, 1.807) is 30.3 Å². The van der Waals surface area contributed by atoms with Crippen LogP contribution in [0.5, 0.6) is 5.75 Å². The molecule has 4 rings (SSSR count). The molecule has 0 bridgehead atoms. The molecule has 0 saturated heterocycles. The number of aliphatic carboxylic acids is 1. The minimum Gasteiger partial charge on any atom is -0.492 e. The summed E-state index contributed by atoms with van der Waals surface area (Å²) in [6.07, 6.45) is -4.61. The summed E-state index contributed by atoms with van der Waals surface area (Å²) in [4.78, 5) is 12.5. The van der Waals surface area contributed by atoms with Gasteiger partial charge in [0.25, 0.3) is 0 Å². The van der Waals surface area contributed by atoms with E-state index in [2.05, 4.69) is 0 Å². The van der Waals surface area contributed by atoms with Gasteiger partial charge in [-0.2, -0.15) is 17.5 Å². The third kappa shape index (κ3) is 6.46. The van der Waals surface area contributed by atoms with E-state index in [0.29, 0.717) is 31.5 Å². The van der Waals surface area contributed by atoms with E-state index < -0.39 is 69.3 Å². The van der Waals surface area contributed by atoms with Crippen LogP contribution in [0.25, 0.3) is 0 Å². The smallest absolute Gasteiger partial charge is 0.420 e. The molecule has 1 saturated carbocycles. The van der Waals surface area contributed by atoms with E-state index in [0.717, 1.165) is 10.4 Å². The van der Waals surface area contributed by atoms with Crippen LogP contribution in [0.4, 0.5) is 33.3 Å². The first-order valence-corrected chi connectivity index (χ1v) is 13.8. The van der Waals surface area contributed by atoms with Crippen LogP contribution in [0, 0.1) is 11.8 Å². The van der Waals surface area contributed by atoms with Gasteiger partial charge in [0.1, 0.15) is 17.3 Å². The molecule has 214 valence electrons. The van der Waals surface area contributed by atoms with Crippen molar-refractivity contribution in [3.05, 3.63) is 48.0 Å². The van der Waals surface area contributed by atoms with Crippen LogP contribution in [0.2, 0.25) is 0 Å². The van der Waals surface area contributed by atoms with E-state index in [9.17, 15) is 40.3 Å². The Kier molecular flexibility index (Phi) is 7.87. The van der Waals surface area contributed by atoms with Crippen LogP contribution in [-0.2, 0) is 21.0 Å². The minimum absolute atomic E-state index is 0.177. The van der Waals surface area contributed by atoms with Gasteiger partial charge in [-0.1, -0.05) is 18.2 Å². The molecule has 1 fully saturated rings. The molecule has 13 heteroatoms. The molecule has 2 aromatic rings. The number of nitrogens with zero attached hydrogens (tertiary/aromatic N) is 2. The molecule has 0 aromatic heterocycles. The Labute approximate surface area is 223 Å². The highest BCUT2D eigenvalue weighted by Gasteiger charge is 2.43. The lowest BCUT2D eigenvalue weighted by Gasteiger charge is -2.30. The fourth-order valence-electron chi connectivity index (χ4n) is 4.72. The number of ether oxygens (including phenoxy) is 1. The maximum atomic E-state index is 14.2. The van der Waals surface area contributed by atoms with Crippen molar-refractivity contribution >= 4 is 27.4 Å². The SMILES string of the molecule is CN1[C@H](CCC(C)(F)F)CN(c2ccccc2)c2cc(C(F)(F)F)c(OC[C@H](C(=O)O)C3CC3)cc2S1(=O)=O. The maximum Gasteiger partial charge on any atom is 0.420 e. The molecule has 1 N–H and O–H groups in total. The molecule has 2 aromatic carbocycles. The van der Waals surface area contributed by atoms with Crippen LogP contribution < -0.4 is 9.64 Å². The summed E-state index contributed by atoms with van der Waals surface area (Å²) >= 11 is 0. The second kappa shape index (κ2) is 10.6. The number of hydrogen-bond donors (Lipinski definition) is 1. The molecule has 1 aliphatic carbocycles. The summed E-state index contributed by atoms with van der Waals surface area (Å²) in [6, 6.07) is 8.54. The minimum atomic E-state index is -4.96. The number of carboxylic acid groups (broad SMARTS) is 1. The summed E-state index contributed by atoms with van der Waals surface area (Å²) in [7, 11) is -3.27.